The van der Waals surface area contributed by atoms with Crippen LogP contribution in [0.5, 0.6) is 0 Å². The van der Waals surface area contributed by atoms with Gasteiger partial charge in [-0.15, -0.1) is 0 Å². The van der Waals surface area contributed by atoms with E-state index in [1.54, 1.807) is 0 Å². The first-order valence-corrected chi connectivity index (χ1v) is 5.22. The third-order valence-corrected chi connectivity index (χ3v) is 1.92. The maximum Gasteiger partial charge on any atom is 0.227 e. The van der Waals surface area contributed by atoms with Gasteiger partial charge in [-0.2, -0.15) is 0 Å². The second kappa shape index (κ2) is 5.25. The second-order valence-electron chi connectivity index (χ2n) is 4.54. The molecule has 0 radical (unpaired) electrons. The van der Waals surface area contributed by atoms with Gasteiger partial charge in [0.15, 0.2) is 0 Å². The van der Waals surface area contributed by atoms with Crippen molar-refractivity contribution in [2.75, 3.05) is 13.1 Å². The molecule has 0 spiro atoms. The van der Waals surface area contributed by atoms with Crippen molar-refractivity contribution in [3.63, 3.8) is 0 Å². The molecule has 1 amide bonds. The standard InChI is InChI=1S/C11H23NO/c1-6-8-12(9-7-2)10(13)11(3,4)5/h6-9H2,1-5H3. The van der Waals surface area contributed by atoms with Crippen molar-refractivity contribution in [2.45, 2.75) is 47.5 Å². The Morgan fingerprint density at radius 3 is 1.69 bits per heavy atom. The van der Waals surface area contributed by atoms with E-state index in [-0.39, 0.29) is 11.3 Å². The van der Waals surface area contributed by atoms with E-state index in [4.69, 9.17) is 0 Å². The lowest BCUT2D eigenvalue weighted by molar-refractivity contribution is -0.139. The first-order valence-electron chi connectivity index (χ1n) is 5.22. The van der Waals surface area contributed by atoms with Crippen molar-refractivity contribution in [1.82, 2.24) is 4.90 Å². The predicted molar refractivity (Wildman–Crippen MR) is 56.6 cm³/mol. The van der Waals surface area contributed by atoms with Gasteiger partial charge in [-0.3, -0.25) is 4.79 Å². The number of rotatable bonds is 4. The number of carbonyl (C=O) groups is 1. The predicted octanol–water partition coefficient (Wildman–Crippen LogP) is 2.68. The molecule has 0 fully saturated rings. The van der Waals surface area contributed by atoms with Crippen molar-refractivity contribution >= 4 is 5.91 Å². The largest absolute Gasteiger partial charge is 0.342 e. The minimum absolute atomic E-state index is 0.232. The van der Waals surface area contributed by atoms with Crippen molar-refractivity contribution in [3.8, 4) is 0 Å². The summed E-state index contributed by atoms with van der Waals surface area (Å²) < 4.78 is 0. The molecule has 0 aliphatic carbocycles. The number of hydrogen-bond acceptors (Lipinski definition) is 1. The van der Waals surface area contributed by atoms with Crippen molar-refractivity contribution in [3.05, 3.63) is 0 Å². The fourth-order valence-electron chi connectivity index (χ4n) is 1.33. The van der Waals surface area contributed by atoms with Crippen LogP contribution in [0, 0.1) is 5.41 Å². The SMILES string of the molecule is CCCN(CCC)C(=O)C(C)(C)C. The van der Waals surface area contributed by atoms with Gasteiger partial charge in [0.05, 0.1) is 0 Å². The van der Waals surface area contributed by atoms with Crippen LogP contribution in [0.3, 0.4) is 0 Å². The lowest BCUT2D eigenvalue weighted by Gasteiger charge is -2.28. The highest BCUT2D eigenvalue weighted by molar-refractivity contribution is 5.81. The molecule has 0 aliphatic heterocycles. The zero-order valence-corrected chi connectivity index (χ0v) is 9.68. The van der Waals surface area contributed by atoms with Gasteiger partial charge in [0.1, 0.15) is 0 Å². The molecule has 0 atom stereocenters. The molecule has 0 saturated heterocycles. The van der Waals surface area contributed by atoms with Crippen LogP contribution in [-0.4, -0.2) is 23.9 Å². The van der Waals surface area contributed by atoms with Crippen molar-refractivity contribution in [2.24, 2.45) is 5.41 Å². The van der Waals surface area contributed by atoms with Crippen LogP contribution in [0.15, 0.2) is 0 Å². The zero-order valence-electron chi connectivity index (χ0n) is 9.68. The molecule has 0 aromatic carbocycles. The number of carbonyl (C=O) groups excluding carboxylic acids is 1. The Morgan fingerprint density at radius 2 is 1.46 bits per heavy atom. The summed E-state index contributed by atoms with van der Waals surface area (Å²) in [6.07, 6.45) is 2.09. The van der Waals surface area contributed by atoms with Gasteiger partial charge in [0.25, 0.3) is 0 Å². The quantitative estimate of drug-likeness (QED) is 0.659. The molecular formula is C11H23NO. The fourth-order valence-corrected chi connectivity index (χ4v) is 1.33. The van der Waals surface area contributed by atoms with Crippen LogP contribution in [0.1, 0.15) is 47.5 Å². The van der Waals surface area contributed by atoms with Crippen LogP contribution in [0.25, 0.3) is 0 Å². The molecule has 78 valence electrons. The van der Waals surface area contributed by atoms with Crippen LogP contribution in [-0.2, 0) is 4.79 Å². The van der Waals surface area contributed by atoms with Crippen LogP contribution >= 0.6 is 0 Å². The van der Waals surface area contributed by atoms with Crippen LogP contribution in [0.2, 0.25) is 0 Å². The second-order valence-corrected chi connectivity index (χ2v) is 4.54. The third-order valence-electron chi connectivity index (χ3n) is 1.92. The molecule has 0 saturated carbocycles. The van der Waals surface area contributed by atoms with Gasteiger partial charge >= 0.3 is 0 Å². The molecule has 0 unspecified atom stereocenters. The minimum atomic E-state index is -0.232. The summed E-state index contributed by atoms with van der Waals surface area (Å²) in [5, 5.41) is 0. The Hall–Kier alpha value is -0.530. The molecule has 0 aromatic heterocycles. The molecule has 0 aromatic rings. The first kappa shape index (κ1) is 12.5. The molecule has 0 rings (SSSR count). The smallest absolute Gasteiger partial charge is 0.227 e. The molecule has 2 heteroatoms. The maximum atomic E-state index is 11.9. The topological polar surface area (TPSA) is 20.3 Å². The number of amides is 1. The average molecular weight is 185 g/mol. The Bertz CT molecular complexity index is 152. The summed E-state index contributed by atoms with van der Waals surface area (Å²) in [4.78, 5) is 13.8. The monoisotopic (exact) mass is 185 g/mol. The fraction of sp³-hybridized carbons (Fsp3) is 0.909. The summed E-state index contributed by atoms with van der Waals surface area (Å²) in [6.45, 7) is 11.9. The normalized spacial score (nSPS) is 11.5. The van der Waals surface area contributed by atoms with Gasteiger partial charge in [-0.25, -0.2) is 0 Å². The Kier molecular flexibility index (Phi) is 5.04. The van der Waals surface area contributed by atoms with Crippen molar-refractivity contribution < 1.29 is 4.79 Å². The van der Waals surface area contributed by atoms with E-state index >= 15 is 0 Å². The summed E-state index contributed by atoms with van der Waals surface area (Å²) in [7, 11) is 0. The lowest BCUT2D eigenvalue weighted by atomic mass is 9.94. The highest BCUT2D eigenvalue weighted by atomic mass is 16.2. The summed E-state index contributed by atoms with van der Waals surface area (Å²) in [5.41, 5.74) is -0.232. The highest BCUT2D eigenvalue weighted by Gasteiger charge is 2.25. The minimum Gasteiger partial charge on any atom is -0.342 e. The van der Waals surface area contributed by atoms with E-state index < -0.39 is 0 Å². The molecule has 0 heterocycles. The summed E-state index contributed by atoms with van der Waals surface area (Å²) in [6, 6.07) is 0. The van der Waals surface area contributed by atoms with Gasteiger partial charge < -0.3 is 4.90 Å². The van der Waals surface area contributed by atoms with E-state index in [1.807, 2.05) is 25.7 Å². The third kappa shape index (κ3) is 4.30. The van der Waals surface area contributed by atoms with E-state index in [0.717, 1.165) is 25.9 Å². The van der Waals surface area contributed by atoms with E-state index in [2.05, 4.69) is 13.8 Å². The first-order chi connectivity index (χ1) is 5.93. The van der Waals surface area contributed by atoms with Crippen molar-refractivity contribution in [1.29, 1.82) is 0 Å². The Labute approximate surface area is 82.3 Å². The van der Waals surface area contributed by atoms with Gasteiger partial charge in [0.2, 0.25) is 5.91 Å². The molecule has 13 heavy (non-hydrogen) atoms. The maximum absolute atomic E-state index is 11.9. The number of nitrogens with zero attached hydrogens (tertiary/aromatic N) is 1. The molecule has 0 aliphatic rings. The molecule has 0 bridgehead atoms. The molecule has 2 nitrogen and oxygen atoms in total. The van der Waals surface area contributed by atoms with Crippen LogP contribution < -0.4 is 0 Å². The van der Waals surface area contributed by atoms with Gasteiger partial charge in [-0.1, -0.05) is 34.6 Å². The van der Waals surface area contributed by atoms with E-state index in [9.17, 15) is 4.79 Å². The summed E-state index contributed by atoms with van der Waals surface area (Å²) in [5.74, 6) is 0.274. The van der Waals surface area contributed by atoms with E-state index in [0.29, 0.717) is 0 Å². The lowest BCUT2D eigenvalue weighted by Crippen LogP contribution is -2.40. The average Bonchev–Trinajstić information content (AvgIpc) is 2.01. The highest BCUT2D eigenvalue weighted by Crippen LogP contribution is 2.17. The molecular weight excluding hydrogens is 162 g/mol. The molecule has 0 N–H and O–H groups in total. The Balaban J connectivity index is 4.27. The van der Waals surface area contributed by atoms with Gasteiger partial charge in [-0.05, 0) is 12.8 Å². The van der Waals surface area contributed by atoms with Crippen LogP contribution in [0.4, 0.5) is 0 Å². The Morgan fingerprint density at radius 1 is 1.08 bits per heavy atom. The zero-order chi connectivity index (χ0) is 10.5. The van der Waals surface area contributed by atoms with E-state index in [1.165, 1.54) is 0 Å². The summed E-state index contributed by atoms with van der Waals surface area (Å²) >= 11 is 0. The van der Waals surface area contributed by atoms with Gasteiger partial charge in [0, 0.05) is 18.5 Å². The number of hydrogen-bond donors (Lipinski definition) is 0.